The molecule has 0 aliphatic carbocycles. The zero-order valence-corrected chi connectivity index (χ0v) is 19.1. The first-order valence-corrected chi connectivity index (χ1v) is 10.9. The molecule has 7 nitrogen and oxygen atoms in total. The lowest BCUT2D eigenvalue weighted by Gasteiger charge is -2.23. The molecule has 3 rings (SSSR count). The molecule has 2 aromatic carbocycles. The molecule has 0 aliphatic rings. The number of carbonyl (C=O) groups excluding carboxylic acids is 1. The second-order valence-corrected chi connectivity index (χ2v) is 8.36. The number of hydrogen-bond donors (Lipinski definition) is 2. The molecule has 3 unspecified atom stereocenters. The molecule has 0 radical (unpaired) electrons. The summed E-state index contributed by atoms with van der Waals surface area (Å²) in [5, 5.41) is 15.5. The van der Waals surface area contributed by atoms with E-state index < -0.39 is 12.1 Å². The highest BCUT2D eigenvalue weighted by molar-refractivity contribution is 5.94. The van der Waals surface area contributed by atoms with Crippen molar-refractivity contribution < 1.29 is 9.90 Å². The van der Waals surface area contributed by atoms with Gasteiger partial charge < -0.3 is 15.0 Å². The number of nitrogens with one attached hydrogen (secondary N) is 1. The average Bonchev–Trinajstić information content (AvgIpc) is 2.81. The maximum atomic E-state index is 12.3. The summed E-state index contributed by atoms with van der Waals surface area (Å²) in [6.45, 7) is 3.81. The van der Waals surface area contributed by atoms with Gasteiger partial charge in [-0.05, 0) is 60.7 Å². The van der Waals surface area contributed by atoms with E-state index >= 15 is 0 Å². The first-order valence-electron chi connectivity index (χ1n) is 10.9. The second kappa shape index (κ2) is 10.8. The number of aliphatic hydroxyl groups is 1. The number of rotatable bonds is 9. The first kappa shape index (κ1) is 24.1. The van der Waals surface area contributed by atoms with Crippen LogP contribution in [0.3, 0.4) is 0 Å². The molecule has 0 fully saturated rings. The lowest BCUT2D eigenvalue weighted by molar-refractivity contribution is 0.0924. The van der Waals surface area contributed by atoms with E-state index in [9.17, 15) is 19.6 Å². The standard InChI is InChI=1S/C26H29N3O4/c1-17-6-4-5-7-22(17)23(14-24(28-33)21-12-13-25(31)29(3)16-21)19-8-10-20(11-9-19)26(32)27-15-18(2)30/h4-13,16,18,23-24,30H,14-15H2,1-3H3,(H,27,32). The van der Waals surface area contributed by atoms with Crippen LogP contribution in [-0.4, -0.2) is 28.2 Å². The Morgan fingerprint density at radius 3 is 2.33 bits per heavy atom. The molecule has 0 aliphatic heterocycles. The minimum absolute atomic E-state index is 0.138. The van der Waals surface area contributed by atoms with Gasteiger partial charge in [-0.25, -0.2) is 0 Å². The number of nitroso groups, excluding NO2 is 1. The summed E-state index contributed by atoms with van der Waals surface area (Å²) in [6.07, 6.45) is 1.45. The highest BCUT2D eigenvalue weighted by Crippen LogP contribution is 2.37. The Labute approximate surface area is 193 Å². The van der Waals surface area contributed by atoms with Gasteiger partial charge in [0.25, 0.3) is 5.91 Å². The summed E-state index contributed by atoms with van der Waals surface area (Å²) in [6, 6.07) is 17.7. The van der Waals surface area contributed by atoms with Crippen LogP contribution in [0.15, 0.2) is 76.8 Å². The lowest BCUT2D eigenvalue weighted by atomic mass is 9.82. The van der Waals surface area contributed by atoms with Crippen molar-refractivity contribution in [3.63, 3.8) is 0 Å². The van der Waals surface area contributed by atoms with Gasteiger partial charge in [0.15, 0.2) is 0 Å². The Morgan fingerprint density at radius 1 is 1.06 bits per heavy atom. The summed E-state index contributed by atoms with van der Waals surface area (Å²) in [5.41, 5.74) is 4.14. The summed E-state index contributed by atoms with van der Waals surface area (Å²) in [5.74, 6) is -0.395. The van der Waals surface area contributed by atoms with E-state index in [-0.39, 0.29) is 23.9 Å². The van der Waals surface area contributed by atoms with Crippen LogP contribution in [-0.2, 0) is 7.05 Å². The number of benzene rings is 2. The van der Waals surface area contributed by atoms with Gasteiger partial charge in [-0.15, -0.1) is 0 Å². The molecular formula is C26H29N3O4. The van der Waals surface area contributed by atoms with Gasteiger partial charge in [-0.3, -0.25) is 9.59 Å². The third-order valence-electron chi connectivity index (χ3n) is 5.78. The molecule has 33 heavy (non-hydrogen) atoms. The number of aromatic nitrogens is 1. The van der Waals surface area contributed by atoms with E-state index in [0.717, 1.165) is 16.7 Å². The maximum absolute atomic E-state index is 12.3. The Hall–Kier alpha value is -3.58. The molecule has 1 aromatic heterocycles. The molecule has 0 bridgehead atoms. The summed E-state index contributed by atoms with van der Waals surface area (Å²) in [4.78, 5) is 35.9. The van der Waals surface area contributed by atoms with Gasteiger partial charge in [-0.1, -0.05) is 41.6 Å². The number of aryl methyl sites for hydroxylation is 2. The highest BCUT2D eigenvalue weighted by Gasteiger charge is 2.24. The number of amides is 1. The molecule has 172 valence electrons. The first-order chi connectivity index (χ1) is 15.8. The number of pyridine rings is 1. The molecule has 1 heterocycles. The van der Waals surface area contributed by atoms with E-state index in [0.29, 0.717) is 17.5 Å². The van der Waals surface area contributed by atoms with Gasteiger partial charge in [0.05, 0.1) is 6.10 Å². The van der Waals surface area contributed by atoms with Crippen molar-refractivity contribution >= 4 is 5.91 Å². The lowest BCUT2D eigenvalue weighted by Crippen LogP contribution is -2.30. The van der Waals surface area contributed by atoms with Crippen LogP contribution in [0.5, 0.6) is 0 Å². The van der Waals surface area contributed by atoms with Crippen molar-refractivity contribution in [2.75, 3.05) is 6.54 Å². The normalized spacial score (nSPS) is 13.7. The highest BCUT2D eigenvalue weighted by atomic mass is 16.3. The van der Waals surface area contributed by atoms with Crippen molar-refractivity contribution in [1.29, 1.82) is 0 Å². The summed E-state index contributed by atoms with van der Waals surface area (Å²) >= 11 is 0. The van der Waals surface area contributed by atoms with Gasteiger partial charge in [0.2, 0.25) is 5.56 Å². The molecule has 1 amide bonds. The van der Waals surface area contributed by atoms with Crippen LogP contribution < -0.4 is 10.9 Å². The molecule has 7 heteroatoms. The number of hydrogen-bond acceptors (Lipinski definition) is 5. The zero-order chi connectivity index (χ0) is 24.0. The Morgan fingerprint density at radius 2 is 1.73 bits per heavy atom. The second-order valence-electron chi connectivity index (χ2n) is 8.36. The zero-order valence-electron chi connectivity index (χ0n) is 19.1. The van der Waals surface area contributed by atoms with Crippen LogP contribution in [0.2, 0.25) is 0 Å². The van der Waals surface area contributed by atoms with E-state index in [2.05, 4.69) is 10.5 Å². The Balaban J connectivity index is 1.94. The van der Waals surface area contributed by atoms with E-state index in [1.165, 1.54) is 10.6 Å². The monoisotopic (exact) mass is 447 g/mol. The Bertz CT molecular complexity index is 1170. The van der Waals surface area contributed by atoms with Crippen molar-refractivity contribution in [2.24, 2.45) is 12.2 Å². The molecule has 3 atom stereocenters. The predicted molar refractivity (Wildman–Crippen MR) is 128 cm³/mol. The third kappa shape index (κ3) is 6.02. The predicted octanol–water partition coefficient (Wildman–Crippen LogP) is 3.83. The fourth-order valence-corrected chi connectivity index (χ4v) is 3.91. The van der Waals surface area contributed by atoms with Crippen LogP contribution in [0.25, 0.3) is 0 Å². The van der Waals surface area contributed by atoms with E-state index in [1.54, 1.807) is 38.4 Å². The quantitative estimate of drug-likeness (QED) is 0.487. The fraction of sp³-hybridized carbons (Fsp3) is 0.308. The topological polar surface area (TPSA) is 101 Å². The number of nitrogens with zero attached hydrogens (tertiary/aromatic N) is 2. The van der Waals surface area contributed by atoms with Gasteiger partial charge in [-0.2, -0.15) is 4.91 Å². The van der Waals surface area contributed by atoms with Gasteiger partial charge >= 0.3 is 0 Å². The smallest absolute Gasteiger partial charge is 0.251 e. The molecule has 0 saturated carbocycles. The van der Waals surface area contributed by atoms with Crippen molar-refractivity contribution in [2.45, 2.75) is 38.3 Å². The van der Waals surface area contributed by atoms with Crippen LogP contribution >= 0.6 is 0 Å². The minimum atomic E-state index is -0.643. The molecule has 0 saturated heterocycles. The van der Waals surface area contributed by atoms with Crippen LogP contribution in [0.1, 0.15) is 57.9 Å². The molecule has 2 N–H and O–H groups in total. The van der Waals surface area contributed by atoms with Crippen molar-refractivity contribution in [1.82, 2.24) is 9.88 Å². The van der Waals surface area contributed by atoms with Crippen LogP contribution in [0.4, 0.5) is 0 Å². The molecule has 3 aromatic rings. The average molecular weight is 448 g/mol. The fourth-order valence-electron chi connectivity index (χ4n) is 3.91. The van der Waals surface area contributed by atoms with Crippen molar-refractivity contribution in [3.8, 4) is 0 Å². The largest absolute Gasteiger partial charge is 0.392 e. The summed E-state index contributed by atoms with van der Waals surface area (Å²) < 4.78 is 1.44. The van der Waals surface area contributed by atoms with Crippen LogP contribution in [0, 0.1) is 11.8 Å². The number of aliphatic hydroxyl groups excluding tert-OH is 1. The van der Waals surface area contributed by atoms with Gasteiger partial charge in [0.1, 0.15) is 6.04 Å². The summed E-state index contributed by atoms with van der Waals surface area (Å²) in [7, 11) is 1.65. The number of carbonyl (C=O) groups is 1. The van der Waals surface area contributed by atoms with E-state index in [4.69, 9.17) is 0 Å². The molecular weight excluding hydrogens is 418 g/mol. The van der Waals surface area contributed by atoms with E-state index in [1.807, 2.05) is 43.3 Å². The van der Waals surface area contributed by atoms with Crippen molar-refractivity contribution in [3.05, 3.63) is 110 Å². The molecule has 0 spiro atoms. The third-order valence-corrected chi connectivity index (χ3v) is 5.78. The SMILES string of the molecule is Cc1ccccc1C(CC(N=O)c1ccc(=O)n(C)c1)c1ccc(C(=O)NCC(C)O)cc1. The minimum Gasteiger partial charge on any atom is -0.392 e. The van der Waals surface area contributed by atoms with Gasteiger partial charge in [0, 0.05) is 37.3 Å². The maximum Gasteiger partial charge on any atom is 0.251 e. The Kier molecular flexibility index (Phi) is 7.90.